The fourth-order valence-electron chi connectivity index (χ4n) is 1.58. The van der Waals surface area contributed by atoms with Crippen LogP contribution in [0.4, 0.5) is 0 Å². The van der Waals surface area contributed by atoms with Crippen molar-refractivity contribution >= 4 is 17.6 Å². The molecule has 1 aromatic carbocycles. The van der Waals surface area contributed by atoms with Crippen molar-refractivity contribution in [1.82, 2.24) is 10.2 Å². The van der Waals surface area contributed by atoms with E-state index in [0.717, 1.165) is 5.75 Å². The topological polar surface area (TPSA) is 75.7 Å². The summed E-state index contributed by atoms with van der Waals surface area (Å²) in [5, 5.41) is 16.1. The fraction of sp³-hybridized carbons (Fsp3) is 0.154. The molecule has 0 saturated carbocycles. The summed E-state index contributed by atoms with van der Waals surface area (Å²) in [5.74, 6) is 0.817. The Bertz CT molecular complexity index is 568. The van der Waals surface area contributed by atoms with Crippen LogP contribution in [-0.2, 0) is 5.75 Å². The smallest absolute Gasteiger partial charge is 0.130 e. The second-order valence-corrected chi connectivity index (χ2v) is 4.91. The molecule has 1 aromatic heterocycles. The van der Waals surface area contributed by atoms with Gasteiger partial charge in [0.25, 0.3) is 0 Å². The highest BCUT2D eigenvalue weighted by molar-refractivity contribution is 7.98. The number of nitrogens with zero attached hydrogens (tertiary/aromatic N) is 2. The summed E-state index contributed by atoms with van der Waals surface area (Å²) in [6.07, 6.45) is 1.55. The van der Waals surface area contributed by atoms with Gasteiger partial charge >= 0.3 is 0 Å². The van der Waals surface area contributed by atoms with Crippen LogP contribution in [0.3, 0.4) is 0 Å². The number of benzene rings is 1. The van der Waals surface area contributed by atoms with Crippen molar-refractivity contribution in [2.45, 2.75) is 17.7 Å². The van der Waals surface area contributed by atoms with Gasteiger partial charge in [-0.3, -0.25) is 5.41 Å². The van der Waals surface area contributed by atoms with Gasteiger partial charge in [0.1, 0.15) is 10.9 Å². The molecule has 0 atom stereocenters. The van der Waals surface area contributed by atoms with Crippen LogP contribution in [0, 0.1) is 12.3 Å². The van der Waals surface area contributed by atoms with E-state index in [2.05, 4.69) is 35.3 Å². The van der Waals surface area contributed by atoms with Gasteiger partial charge in [0.05, 0.1) is 11.8 Å². The van der Waals surface area contributed by atoms with Gasteiger partial charge in [-0.05, 0) is 18.6 Å². The highest BCUT2D eigenvalue weighted by atomic mass is 32.2. The third kappa shape index (κ3) is 3.07. The Hall–Kier alpha value is -1.88. The molecule has 0 radical (unpaired) electrons. The maximum atomic E-state index is 7.49. The molecular formula is C13H14N4S. The van der Waals surface area contributed by atoms with Gasteiger partial charge in [0.15, 0.2) is 0 Å². The molecule has 2 aromatic rings. The zero-order chi connectivity index (χ0) is 13.0. The Morgan fingerprint density at radius 3 is 2.94 bits per heavy atom. The second-order valence-electron chi connectivity index (χ2n) is 3.94. The molecule has 0 amide bonds. The van der Waals surface area contributed by atoms with E-state index in [1.54, 1.807) is 24.0 Å². The van der Waals surface area contributed by atoms with Crippen molar-refractivity contribution in [2.24, 2.45) is 5.73 Å². The highest BCUT2D eigenvalue weighted by Crippen LogP contribution is 2.23. The number of rotatable bonds is 4. The molecule has 0 fully saturated rings. The van der Waals surface area contributed by atoms with E-state index in [-0.39, 0.29) is 5.84 Å². The molecule has 0 saturated heterocycles. The van der Waals surface area contributed by atoms with Crippen molar-refractivity contribution in [3.8, 4) is 0 Å². The van der Waals surface area contributed by atoms with Crippen LogP contribution in [0.1, 0.15) is 16.7 Å². The van der Waals surface area contributed by atoms with E-state index < -0.39 is 0 Å². The van der Waals surface area contributed by atoms with Crippen molar-refractivity contribution in [1.29, 1.82) is 5.41 Å². The average Bonchev–Trinajstić information content (AvgIpc) is 2.37. The van der Waals surface area contributed by atoms with Crippen molar-refractivity contribution in [3.63, 3.8) is 0 Å². The minimum atomic E-state index is 0.0247. The third-order valence-corrected chi connectivity index (χ3v) is 3.49. The third-order valence-electron chi connectivity index (χ3n) is 2.44. The number of amidine groups is 1. The molecule has 0 aliphatic heterocycles. The molecule has 5 heteroatoms. The number of nitrogen functional groups attached to an aromatic ring is 1. The van der Waals surface area contributed by atoms with E-state index >= 15 is 0 Å². The largest absolute Gasteiger partial charge is 0.384 e. The maximum Gasteiger partial charge on any atom is 0.130 e. The summed E-state index contributed by atoms with van der Waals surface area (Å²) in [6, 6.07) is 10.0. The van der Waals surface area contributed by atoms with Crippen molar-refractivity contribution in [2.75, 3.05) is 0 Å². The maximum absolute atomic E-state index is 7.49. The first-order valence-corrected chi connectivity index (χ1v) is 6.50. The molecule has 92 valence electrons. The van der Waals surface area contributed by atoms with Gasteiger partial charge in [-0.15, -0.1) is 5.10 Å². The number of thioether (sulfide) groups is 1. The minimum absolute atomic E-state index is 0.0247. The van der Waals surface area contributed by atoms with Crippen LogP contribution in [0.2, 0.25) is 0 Å². The number of hydrogen-bond acceptors (Lipinski definition) is 4. The van der Waals surface area contributed by atoms with Gasteiger partial charge in [-0.2, -0.15) is 5.10 Å². The molecule has 0 aliphatic rings. The summed E-state index contributed by atoms with van der Waals surface area (Å²) in [6.45, 7) is 2.07. The Labute approximate surface area is 110 Å². The van der Waals surface area contributed by atoms with Gasteiger partial charge in [-0.1, -0.05) is 41.6 Å². The monoisotopic (exact) mass is 258 g/mol. The summed E-state index contributed by atoms with van der Waals surface area (Å²) in [4.78, 5) is 0. The predicted molar refractivity (Wildman–Crippen MR) is 73.8 cm³/mol. The number of aromatic nitrogens is 2. The summed E-state index contributed by atoms with van der Waals surface area (Å²) >= 11 is 1.54. The van der Waals surface area contributed by atoms with Gasteiger partial charge < -0.3 is 5.73 Å². The van der Waals surface area contributed by atoms with E-state index in [1.165, 1.54) is 11.1 Å². The first kappa shape index (κ1) is 12.6. The second kappa shape index (κ2) is 5.64. The van der Waals surface area contributed by atoms with Crippen molar-refractivity contribution in [3.05, 3.63) is 53.2 Å². The van der Waals surface area contributed by atoms with E-state index in [9.17, 15) is 0 Å². The molecule has 0 unspecified atom stereocenters. The molecule has 2 rings (SSSR count). The van der Waals surface area contributed by atoms with Crippen LogP contribution in [0.25, 0.3) is 0 Å². The van der Waals surface area contributed by atoms with Crippen molar-refractivity contribution < 1.29 is 0 Å². The zero-order valence-electron chi connectivity index (χ0n) is 10.1. The summed E-state index contributed by atoms with van der Waals surface area (Å²) in [5.41, 5.74) is 8.61. The lowest BCUT2D eigenvalue weighted by molar-refractivity contribution is 0.920. The lowest BCUT2D eigenvalue weighted by Crippen LogP contribution is -2.13. The number of aryl methyl sites for hydroxylation is 1. The summed E-state index contributed by atoms with van der Waals surface area (Å²) < 4.78 is 0. The molecule has 0 aliphatic carbocycles. The molecule has 18 heavy (non-hydrogen) atoms. The number of nitrogens with two attached hydrogens (primary N) is 1. The SMILES string of the molecule is Cc1cccc(CSc2nnccc2C(=N)N)c1. The average molecular weight is 258 g/mol. The molecule has 0 spiro atoms. The van der Waals surface area contributed by atoms with Crippen LogP contribution in [0.5, 0.6) is 0 Å². The zero-order valence-corrected chi connectivity index (χ0v) is 10.9. The number of hydrogen-bond donors (Lipinski definition) is 2. The Balaban J connectivity index is 2.13. The molecule has 0 bridgehead atoms. The lowest BCUT2D eigenvalue weighted by atomic mass is 10.2. The number of nitrogens with one attached hydrogen (secondary N) is 1. The molecule has 1 heterocycles. The lowest BCUT2D eigenvalue weighted by Gasteiger charge is -2.06. The Morgan fingerprint density at radius 2 is 2.22 bits per heavy atom. The Morgan fingerprint density at radius 1 is 1.39 bits per heavy atom. The van der Waals surface area contributed by atoms with E-state index in [1.807, 2.05) is 6.07 Å². The van der Waals surface area contributed by atoms with Crippen LogP contribution in [0.15, 0.2) is 41.6 Å². The first-order valence-electron chi connectivity index (χ1n) is 5.51. The molecular weight excluding hydrogens is 244 g/mol. The normalized spacial score (nSPS) is 10.3. The first-order chi connectivity index (χ1) is 8.66. The van der Waals surface area contributed by atoms with Crippen LogP contribution in [-0.4, -0.2) is 16.0 Å². The standard InChI is InChI=1S/C13H14N4S/c1-9-3-2-4-10(7-9)8-18-13-11(12(14)15)5-6-16-17-13/h2-7H,8H2,1H3,(H3,14,15). The highest BCUT2D eigenvalue weighted by Gasteiger charge is 2.07. The van der Waals surface area contributed by atoms with E-state index in [0.29, 0.717) is 10.6 Å². The molecule has 3 N–H and O–H groups in total. The quantitative estimate of drug-likeness (QED) is 0.501. The van der Waals surface area contributed by atoms with Gasteiger partial charge in [-0.25, -0.2) is 0 Å². The van der Waals surface area contributed by atoms with Crippen LogP contribution < -0.4 is 5.73 Å². The van der Waals surface area contributed by atoms with Crippen LogP contribution >= 0.6 is 11.8 Å². The fourth-order valence-corrected chi connectivity index (χ4v) is 2.51. The summed E-state index contributed by atoms with van der Waals surface area (Å²) in [7, 11) is 0. The minimum Gasteiger partial charge on any atom is -0.384 e. The predicted octanol–water partition coefficient (Wildman–Crippen LogP) is 2.36. The van der Waals surface area contributed by atoms with E-state index in [4.69, 9.17) is 11.1 Å². The van der Waals surface area contributed by atoms with Gasteiger partial charge in [0.2, 0.25) is 0 Å². The van der Waals surface area contributed by atoms with Gasteiger partial charge in [0, 0.05) is 5.75 Å². The Kier molecular flexibility index (Phi) is 3.94. The molecule has 4 nitrogen and oxygen atoms in total.